The fourth-order valence-electron chi connectivity index (χ4n) is 2.69. The number of hydrogen-bond acceptors (Lipinski definition) is 4. The van der Waals surface area contributed by atoms with E-state index in [1.807, 2.05) is 30.3 Å². The van der Waals surface area contributed by atoms with Gasteiger partial charge in [-0.3, -0.25) is 4.52 Å². The molecule has 0 atom stereocenters. The van der Waals surface area contributed by atoms with Crippen LogP contribution in [0.2, 0.25) is 0 Å². The average molecular weight is 297 g/mol. The van der Waals surface area contributed by atoms with Crippen LogP contribution in [-0.2, 0) is 0 Å². The van der Waals surface area contributed by atoms with E-state index in [4.69, 9.17) is 4.52 Å². The van der Waals surface area contributed by atoms with Crippen LogP contribution in [0, 0.1) is 0 Å². The van der Waals surface area contributed by atoms with Crippen molar-refractivity contribution in [1.29, 1.82) is 0 Å². The van der Waals surface area contributed by atoms with Crippen molar-refractivity contribution in [2.45, 2.75) is 38.1 Å². The van der Waals surface area contributed by atoms with Crippen molar-refractivity contribution in [3.63, 3.8) is 0 Å². The number of benzene rings is 1. The molecule has 2 aromatic rings. The molecule has 0 unspecified atom stereocenters. The van der Waals surface area contributed by atoms with E-state index in [1.54, 1.807) is 17.0 Å². The molecule has 0 amide bonds. The highest BCUT2D eigenvalue weighted by molar-refractivity contribution is 5.89. The van der Waals surface area contributed by atoms with Gasteiger partial charge in [0.2, 0.25) is 5.27 Å². The summed E-state index contributed by atoms with van der Waals surface area (Å²) in [6, 6.07) is 10.00. The predicted molar refractivity (Wildman–Crippen MR) is 81.4 cm³/mol. The Kier molecular flexibility index (Phi) is 4.63. The maximum absolute atomic E-state index is 11.8. The van der Waals surface area contributed by atoms with Crippen molar-refractivity contribution in [1.82, 2.24) is 5.27 Å². The number of aromatic nitrogens is 2. The van der Waals surface area contributed by atoms with E-state index in [9.17, 15) is 5.11 Å². The van der Waals surface area contributed by atoms with Crippen LogP contribution in [0.1, 0.15) is 43.7 Å². The topological polar surface area (TPSA) is 65.3 Å². The lowest BCUT2D eigenvalue weighted by atomic mass is 9.96. The normalized spacial score (nSPS) is 17.2. The molecular weight excluding hydrogens is 278 g/mol. The fourth-order valence-corrected chi connectivity index (χ4v) is 2.69. The minimum atomic E-state index is -0.351. The first-order chi connectivity index (χ1) is 10.8. The molecule has 22 heavy (non-hydrogen) atoms. The Morgan fingerprint density at radius 2 is 2.00 bits per heavy atom. The predicted octanol–water partition coefficient (Wildman–Crippen LogP) is 2.57. The smallest absolute Gasteiger partial charge is 0.320 e. The monoisotopic (exact) mass is 297 g/mol. The summed E-state index contributed by atoms with van der Waals surface area (Å²) in [4.78, 5) is 3.91. The van der Waals surface area contributed by atoms with Crippen LogP contribution in [0.25, 0.3) is 6.08 Å². The lowest BCUT2D eigenvalue weighted by molar-refractivity contribution is -0.787. The number of hydrogen-bond donors (Lipinski definition) is 0. The molecule has 114 valence electrons. The van der Waals surface area contributed by atoms with Crippen molar-refractivity contribution >= 4 is 17.9 Å². The van der Waals surface area contributed by atoms with Crippen LogP contribution in [0.15, 0.2) is 52.1 Å². The highest BCUT2D eigenvalue weighted by Gasteiger charge is 2.25. The van der Waals surface area contributed by atoms with Crippen molar-refractivity contribution in [3.05, 3.63) is 48.2 Å². The second-order valence-corrected chi connectivity index (χ2v) is 5.51. The van der Waals surface area contributed by atoms with Crippen LogP contribution < -0.4 is 9.79 Å². The summed E-state index contributed by atoms with van der Waals surface area (Å²) in [6.45, 7) is 0. The van der Waals surface area contributed by atoms with Gasteiger partial charge in [-0.1, -0.05) is 48.9 Å². The molecule has 3 rings (SSSR count). The van der Waals surface area contributed by atoms with Crippen molar-refractivity contribution in [2.75, 3.05) is 0 Å². The molecule has 1 aromatic carbocycles. The first-order valence-electron chi connectivity index (χ1n) is 7.68. The summed E-state index contributed by atoms with van der Waals surface area (Å²) < 4.78 is 6.93. The van der Waals surface area contributed by atoms with Crippen LogP contribution in [-0.4, -0.2) is 11.2 Å². The Morgan fingerprint density at radius 3 is 2.77 bits per heavy atom. The maximum Gasteiger partial charge on any atom is 0.320 e. The Hall–Kier alpha value is -2.43. The lowest BCUT2D eigenvalue weighted by Gasteiger charge is -2.12. The highest BCUT2D eigenvalue weighted by atomic mass is 16.5. The highest BCUT2D eigenvalue weighted by Crippen LogP contribution is 2.23. The molecule has 5 heteroatoms. The third-order valence-electron chi connectivity index (χ3n) is 3.86. The maximum atomic E-state index is 11.8. The molecular formula is C17H19N3O2. The van der Waals surface area contributed by atoms with E-state index in [0.717, 1.165) is 18.4 Å². The standard InChI is InChI=1S/C17H19N3O2/c21-16(12-11-14-7-3-1-4-8-14)18-17-13-20(19-22-17)15-9-5-2-6-10-15/h1,3-4,7-8,11-13,15H,2,5-6,9-10H2/b12-11+. The van der Waals surface area contributed by atoms with E-state index in [0.29, 0.717) is 6.04 Å². The van der Waals surface area contributed by atoms with Gasteiger partial charge in [0, 0.05) is 12.8 Å². The summed E-state index contributed by atoms with van der Waals surface area (Å²) >= 11 is 0. The molecule has 0 aliphatic heterocycles. The molecule has 1 aromatic heterocycles. The second kappa shape index (κ2) is 7.02. The van der Waals surface area contributed by atoms with Gasteiger partial charge in [-0.05, 0) is 29.0 Å². The molecule has 0 spiro atoms. The van der Waals surface area contributed by atoms with Gasteiger partial charge in [0.1, 0.15) is 0 Å². The van der Waals surface area contributed by atoms with Gasteiger partial charge in [0.25, 0.3) is 6.20 Å². The Balaban J connectivity index is 1.66. The first kappa shape index (κ1) is 14.5. The minimum Gasteiger partial charge on any atom is -0.859 e. The zero-order valence-electron chi connectivity index (χ0n) is 12.4. The second-order valence-electron chi connectivity index (χ2n) is 5.51. The average Bonchev–Trinajstić information content (AvgIpc) is 3.03. The lowest BCUT2D eigenvalue weighted by Crippen LogP contribution is -2.41. The van der Waals surface area contributed by atoms with Gasteiger partial charge in [-0.25, -0.2) is 4.99 Å². The van der Waals surface area contributed by atoms with E-state index in [1.165, 1.54) is 25.3 Å². The van der Waals surface area contributed by atoms with Crippen molar-refractivity contribution in [2.24, 2.45) is 4.99 Å². The quantitative estimate of drug-likeness (QED) is 0.495. The molecule has 5 nitrogen and oxygen atoms in total. The minimum absolute atomic E-state index is 0.258. The van der Waals surface area contributed by atoms with Crippen LogP contribution in [0.4, 0.5) is 5.88 Å². The van der Waals surface area contributed by atoms with Gasteiger partial charge in [-0.2, -0.15) is 0 Å². The molecule has 0 saturated heterocycles. The summed E-state index contributed by atoms with van der Waals surface area (Å²) in [5.41, 5.74) is 0.959. The number of aliphatic imine (C=N–C) groups is 1. The van der Waals surface area contributed by atoms with E-state index in [-0.39, 0.29) is 11.8 Å². The van der Waals surface area contributed by atoms with Gasteiger partial charge >= 0.3 is 5.88 Å². The number of rotatable bonds is 4. The third-order valence-corrected chi connectivity index (χ3v) is 3.86. The molecule has 0 N–H and O–H groups in total. The Labute approximate surface area is 129 Å². The van der Waals surface area contributed by atoms with Gasteiger partial charge in [-0.15, -0.1) is 0 Å². The summed E-state index contributed by atoms with van der Waals surface area (Å²) in [5.74, 6) is -0.0934. The molecule has 1 aliphatic rings. The van der Waals surface area contributed by atoms with Crippen molar-refractivity contribution in [3.8, 4) is 0 Å². The van der Waals surface area contributed by atoms with Crippen LogP contribution >= 0.6 is 0 Å². The van der Waals surface area contributed by atoms with Gasteiger partial charge in [0.05, 0.1) is 0 Å². The fraction of sp³-hybridized carbons (Fsp3) is 0.353. The summed E-state index contributed by atoms with van der Waals surface area (Å²) in [5, 5.41) is 15.8. The van der Waals surface area contributed by atoms with E-state index >= 15 is 0 Å². The third kappa shape index (κ3) is 3.81. The van der Waals surface area contributed by atoms with Crippen LogP contribution in [0.3, 0.4) is 0 Å². The summed E-state index contributed by atoms with van der Waals surface area (Å²) in [6.07, 6.45) is 10.8. The van der Waals surface area contributed by atoms with Crippen LogP contribution in [0.5, 0.6) is 0 Å². The molecule has 0 radical (unpaired) electrons. The molecule has 0 bridgehead atoms. The zero-order valence-corrected chi connectivity index (χ0v) is 12.4. The molecule has 1 saturated carbocycles. The summed E-state index contributed by atoms with van der Waals surface area (Å²) in [7, 11) is 0. The van der Waals surface area contributed by atoms with Gasteiger partial charge < -0.3 is 5.11 Å². The first-order valence-corrected chi connectivity index (χ1v) is 7.68. The largest absolute Gasteiger partial charge is 0.859 e. The van der Waals surface area contributed by atoms with E-state index < -0.39 is 0 Å². The van der Waals surface area contributed by atoms with Crippen molar-refractivity contribution < 1.29 is 14.3 Å². The molecule has 1 heterocycles. The Bertz CT molecular complexity index is 656. The SMILES string of the molecule is [O-]C(/C=C/c1ccccc1)=N\c1c[n+](C2CCCCC2)no1. The van der Waals surface area contributed by atoms with Gasteiger partial charge in [0.15, 0.2) is 6.04 Å². The zero-order chi connectivity index (χ0) is 15.2. The molecule has 1 aliphatic carbocycles. The molecule has 1 fully saturated rings. The number of nitrogens with zero attached hydrogens (tertiary/aromatic N) is 3. The Morgan fingerprint density at radius 1 is 1.23 bits per heavy atom. The van der Waals surface area contributed by atoms with E-state index in [2.05, 4.69) is 10.3 Å².